The van der Waals surface area contributed by atoms with E-state index in [9.17, 15) is 9.59 Å². The van der Waals surface area contributed by atoms with Gasteiger partial charge in [0.15, 0.2) is 15.6 Å². The lowest BCUT2D eigenvalue weighted by Crippen LogP contribution is -2.16. The SMILES string of the molecule is COC(=O)c1c(-c2ccc(C)cc2)csc1NC(=O)CSc1nnc(-c2ccc(Br)o2)n1C(C)C. The topological polar surface area (TPSA) is 99.2 Å². The maximum absolute atomic E-state index is 12.8. The van der Waals surface area contributed by atoms with E-state index in [1.54, 1.807) is 6.07 Å². The third kappa shape index (κ3) is 5.52. The predicted molar refractivity (Wildman–Crippen MR) is 141 cm³/mol. The van der Waals surface area contributed by atoms with Gasteiger partial charge in [0, 0.05) is 17.0 Å². The van der Waals surface area contributed by atoms with Gasteiger partial charge in [-0.05, 0) is 54.4 Å². The summed E-state index contributed by atoms with van der Waals surface area (Å²) in [6.45, 7) is 6.02. The molecule has 182 valence electrons. The second kappa shape index (κ2) is 10.8. The molecule has 0 aliphatic rings. The molecule has 4 rings (SSSR count). The molecular weight excluding hydrogens is 552 g/mol. The van der Waals surface area contributed by atoms with E-state index < -0.39 is 5.97 Å². The summed E-state index contributed by atoms with van der Waals surface area (Å²) in [6.07, 6.45) is 0. The summed E-state index contributed by atoms with van der Waals surface area (Å²) in [5.41, 5.74) is 3.06. The average Bonchev–Trinajstić information content (AvgIpc) is 3.55. The number of aromatic nitrogens is 3. The molecule has 1 N–H and O–H groups in total. The van der Waals surface area contributed by atoms with Gasteiger partial charge >= 0.3 is 5.97 Å². The van der Waals surface area contributed by atoms with Crippen molar-refractivity contribution in [3.8, 4) is 22.7 Å². The van der Waals surface area contributed by atoms with Crippen LogP contribution in [-0.2, 0) is 9.53 Å². The van der Waals surface area contributed by atoms with Crippen LogP contribution < -0.4 is 5.32 Å². The zero-order valence-corrected chi connectivity index (χ0v) is 22.7. The second-order valence-electron chi connectivity index (χ2n) is 7.92. The monoisotopic (exact) mass is 574 g/mol. The smallest absolute Gasteiger partial charge is 0.341 e. The Balaban J connectivity index is 1.52. The fraction of sp³-hybridized carbons (Fsp3) is 0.250. The molecule has 0 bridgehead atoms. The zero-order chi connectivity index (χ0) is 25.1. The Morgan fingerprint density at radius 2 is 1.94 bits per heavy atom. The molecule has 35 heavy (non-hydrogen) atoms. The number of nitrogens with one attached hydrogen (secondary N) is 1. The van der Waals surface area contributed by atoms with Gasteiger partial charge in [-0.1, -0.05) is 41.6 Å². The van der Waals surface area contributed by atoms with Crippen molar-refractivity contribution in [2.75, 3.05) is 18.2 Å². The van der Waals surface area contributed by atoms with Gasteiger partial charge in [-0.15, -0.1) is 21.5 Å². The van der Waals surface area contributed by atoms with Gasteiger partial charge in [-0.25, -0.2) is 4.79 Å². The fourth-order valence-corrected chi connectivity index (χ4v) is 5.58. The molecule has 0 aliphatic heterocycles. The molecule has 0 unspecified atom stereocenters. The van der Waals surface area contributed by atoms with E-state index in [1.165, 1.54) is 30.2 Å². The van der Waals surface area contributed by atoms with Gasteiger partial charge in [-0.3, -0.25) is 9.36 Å². The molecule has 1 aromatic carbocycles. The lowest BCUT2D eigenvalue weighted by Gasteiger charge is -2.12. The highest BCUT2D eigenvalue weighted by Crippen LogP contribution is 2.37. The van der Waals surface area contributed by atoms with Crippen LogP contribution >= 0.6 is 39.0 Å². The van der Waals surface area contributed by atoms with Gasteiger partial charge in [0.05, 0.1) is 12.9 Å². The van der Waals surface area contributed by atoms with E-state index in [1.807, 2.05) is 61.1 Å². The van der Waals surface area contributed by atoms with Gasteiger partial charge in [0.25, 0.3) is 0 Å². The number of amides is 1. The highest BCUT2D eigenvalue weighted by atomic mass is 79.9. The predicted octanol–water partition coefficient (Wildman–Crippen LogP) is 6.44. The number of hydrogen-bond acceptors (Lipinski definition) is 8. The number of anilines is 1. The minimum absolute atomic E-state index is 0.0507. The first-order chi connectivity index (χ1) is 16.8. The first-order valence-corrected chi connectivity index (χ1v) is 13.3. The van der Waals surface area contributed by atoms with Crippen molar-refractivity contribution in [1.29, 1.82) is 0 Å². The zero-order valence-electron chi connectivity index (χ0n) is 19.5. The maximum atomic E-state index is 12.8. The van der Waals surface area contributed by atoms with Crippen LogP contribution in [0.3, 0.4) is 0 Å². The van der Waals surface area contributed by atoms with Gasteiger partial charge in [0.2, 0.25) is 11.7 Å². The van der Waals surface area contributed by atoms with Crippen LogP contribution in [0.15, 0.2) is 56.0 Å². The van der Waals surface area contributed by atoms with Crippen LogP contribution in [0.2, 0.25) is 0 Å². The molecule has 11 heteroatoms. The third-order valence-electron chi connectivity index (χ3n) is 5.10. The van der Waals surface area contributed by atoms with Crippen LogP contribution in [0.5, 0.6) is 0 Å². The number of halogens is 1. The number of furan rings is 1. The minimum atomic E-state index is -0.501. The van der Waals surface area contributed by atoms with Gasteiger partial charge in [-0.2, -0.15) is 0 Å². The largest absolute Gasteiger partial charge is 0.465 e. The molecule has 0 saturated heterocycles. The maximum Gasteiger partial charge on any atom is 0.341 e. The van der Waals surface area contributed by atoms with E-state index in [0.717, 1.165) is 16.7 Å². The van der Waals surface area contributed by atoms with Crippen LogP contribution in [0.4, 0.5) is 5.00 Å². The first-order valence-electron chi connectivity index (χ1n) is 10.7. The number of thioether (sulfide) groups is 1. The average molecular weight is 576 g/mol. The molecule has 4 aromatic rings. The highest BCUT2D eigenvalue weighted by molar-refractivity contribution is 9.10. The van der Waals surface area contributed by atoms with Gasteiger partial charge in [0.1, 0.15) is 10.6 Å². The molecule has 0 saturated carbocycles. The van der Waals surface area contributed by atoms with E-state index in [0.29, 0.717) is 32.0 Å². The molecule has 0 radical (unpaired) electrons. The molecule has 0 aliphatic carbocycles. The van der Waals surface area contributed by atoms with Crippen molar-refractivity contribution >= 4 is 55.9 Å². The van der Waals surface area contributed by atoms with Crippen LogP contribution in [-0.4, -0.2) is 39.5 Å². The molecule has 3 aromatic heterocycles. The lowest BCUT2D eigenvalue weighted by molar-refractivity contribution is -0.113. The minimum Gasteiger partial charge on any atom is -0.465 e. The normalized spacial score (nSPS) is 11.1. The van der Waals surface area contributed by atoms with E-state index in [-0.39, 0.29) is 17.7 Å². The number of esters is 1. The number of aryl methyl sites for hydroxylation is 1. The van der Waals surface area contributed by atoms with Crippen molar-refractivity contribution in [3.05, 3.63) is 57.6 Å². The molecule has 0 spiro atoms. The van der Waals surface area contributed by atoms with E-state index >= 15 is 0 Å². The Hall–Kier alpha value is -2.89. The summed E-state index contributed by atoms with van der Waals surface area (Å²) in [5, 5.41) is 14.3. The number of rotatable bonds is 8. The van der Waals surface area contributed by atoms with Crippen molar-refractivity contribution in [2.45, 2.75) is 32.0 Å². The molecule has 3 heterocycles. The van der Waals surface area contributed by atoms with E-state index in [4.69, 9.17) is 9.15 Å². The Morgan fingerprint density at radius 1 is 1.20 bits per heavy atom. The summed E-state index contributed by atoms with van der Waals surface area (Å²) in [5.74, 6) is 0.490. The molecule has 0 atom stereocenters. The van der Waals surface area contributed by atoms with Crippen LogP contribution in [0.1, 0.15) is 35.8 Å². The summed E-state index contributed by atoms with van der Waals surface area (Å²) in [7, 11) is 1.33. The summed E-state index contributed by atoms with van der Waals surface area (Å²) >= 11 is 5.86. The Morgan fingerprint density at radius 3 is 2.57 bits per heavy atom. The molecule has 0 fully saturated rings. The lowest BCUT2D eigenvalue weighted by atomic mass is 10.0. The molecular formula is C24H23BrN4O4S2. The number of hydrogen-bond donors (Lipinski definition) is 1. The summed E-state index contributed by atoms with van der Waals surface area (Å²) < 4.78 is 13.1. The van der Waals surface area contributed by atoms with Crippen molar-refractivity contribution < 1.29 is 18.7 Å². The highest BCUT2D eigenvalue weighted by Gasteiger charge is 2.24. The molecule has 8 nitrogen and oxygen atoms in total. The van der Waals surface area contributed by atoms with Gasteiger partial charge < -0.3 is 14.5 Å². The first kappa shape index (κ1) is 25.2. The summed E-state index contributed by atoms with van der Waals surface area (Å²) in [6, 6.07) is 11.5. The van der Waals surface area contributed by atoms with Crippen molar-refractivity contribution in [2.24, 2.45) is 0 Å². The van der Waals surface area contributed by atoms with Crippen molar-refractivity contribution in [3.63, 3.8) is 0 Å². The van der Waals surface area contributed by atoms with E-state index in [2.05, 4.69) is 31.4 Å². The summed E-state index contributed by atoms with van der Waals surface area (Å²) in [4.78, 5) is 25.4. The number of carbonyl (C=O) groups is 2. The van der Waals surface area contributed by atoms with Crippen LogP contribution in [0.25, 0.3) is 22.7 Å². The molecule has 1 amide bonds. The fourth-order valence-electron chi connectivity index (χ4n) is 3.44. The Bertz CT molecular complexity index is 1360. The number of methoxy groups -OCH3 is 1. The second-order valence-corrected chi connectivity index (χ2v) is 10.5. The third-order valence-corrected chi connectivity index (χ3v) is 7.37. The van der Waals surface area contributed by atoms with Crippen LogP contribution in [0, 0.1) is 6.92 Å². The number of benzene rings is 1. The number of nitrogens with zero attached hydrogens (tertiary/aromatic N) is 3. The number of ether oxygens (including phenoxy) is 1. The number of carbonyl (C=O) groups excluding carboxylic acids is 2. The standard InChI is InChI=1S/C24H23BrN4O4S2/c1-13(2)29-21(17-9-10-18(25)33-17)27-28-24(29)35-12-19(30)26-22-20(23(31)32-4)16(11-34-22)15-7-5-14(3)6-8-15/h5-11,13H,12H2,1-4H3,(H,26,30). The van der Waals surface area contributed by atoms with Crippen molar-refractivity contribution in [1.82, 2.24) is 14.8 Å². The Labute approximate surface area is 219 Å². The number of thiophene rings is 1. The quantitative estimate of drug-likeness (QED) is 0.191. The Kier molecular flexibility index (Phi) is 7.78.